The van der Waals surface area contributed by atoms with Crippen LogP contribution in [0.5, 0.6) is 11.5 Å². The Morgan fingerprint density at radius 3 is 2.57 bits per heavy atom. The van der Waals surface area contributed by atoms with Crippen LogP contribution in [0.15, 0.2) is 42.6 Å². The van der Waals surface area contributed by atoms with E-state index in [0.717, 1.165) is 0 Å². The molecule has 0 fully saturated rings. The first kappa shape index (κ1) is 15.1. The minimum Gasteiger partial charge on any atom is -0.508 e. The number of nitrogen functional groups attached to an aromatic ring is 1. The molecule has 1 atom stereocenters. The first-order chi connectivity index (χ1) is 9.97. The summed E-state index contributed by atoms with van der Waals surface area (Å²) in [7, 11) is 0. The standard InChI is InChI=1S/C15H19N3O3/c1-15(20,11-2-7-14(16)17-10-11)18-8-9-21-13-5-3-12(19)4-6-13/h2-7,10,18-20H,8-9H2,1H3,(H2,16,17)/t15-/m0/s1. The molecule has 0 bridgehead atoms. The highest BCUT2D eigenvalue weighted by Gasteiger charge is 2.22. The van der Waals surface area contributed by atoms with Gasteiger partial charge in [0.05, 0.1) is 0 Å². The first-order valence-electron chi connectivity index (χ1n) is 6.58. The maximum absolute atomic E-state index is 10.3. The van der Waals surface area contributed by atoms with Crippen LogP contribution in [-0.4, -0.2) is 28.3 Å². The first-order valence-corrected chi connectivity index (χ1v) is 6.58. The summed E-state index contributed by atoms with van der Waals surface area (Å²) in [5.74, 6) is 1.26. The number of nitrogens with two attached hydrogens (primary N) is 1. The van der Waals surface area contributed by atoms with Crippen molar-refractivity contribution >= 4 is 5.82 Å². The molecule has 5 N–H and O–H groups in total. The number of aromatic hydroxyl groups is 1. The number of nitrogens with zero attached hydrogens (tertiary/aromatic N) is 1. The summed E-state index contributed by atoms with van der Waals surface area (Å²) in [6.45, 7) is 2.46. The van der Waals surface area contributed by atoms with Crippen LogP contribution in [0.3, 0.4) is 0 Å². The number of hydrogen-bond donors (Lipinski definition) is 4. The molecule has 21 heavy (non-hydrogen) atoms. The van der Waals surface area contributed by atoms with E-state index in [4.69, 9.17) is 15.6 Å². The minimum atomic E-state index is -1.21. The molecular formula is C15H19N3O3. The SMILES string of the molecule is C[C@@](O)(NCCOc1ccc(O)cc1)c1ccc(N)nc1. The van der Waals surface area contributed by atoms with Crippen molar-refractivity contribution in [3.05, 3.63) is 48.2 Å². The normalized spacial score (nSPS) is 13.6. The number of benzene rings is 1. The van der Waals surface area contributed by atoms with Gasteiger partial charge in [0.25, 0.3) is 0 Å². The van der Waals surface area contributed by atoms with Gasteiger partial charge in [-0.3, -0.25) is 5.32 Å². The fraction of sp³-hybridized carbons (Fsp3) is 0.267. The Labute approximate surface area is 123 Å². The fourth-order valence-corrected chi connectivity index (χ4v) is 1.80. The summed E-state index contributed by atoms with van der Waals surface area (Å²) >= 11 is 0. The number of aromatic nitrogens is 1. The van der Waals surface area contributed by atoms with Gasteiger partial charge in [-0.15, -0.1) is 0 Å². The number of nitrogens with one attached hydrogen (secondary N) is 1. The van der Waals surface area contributed by atoms with Gasteiger partial charge >= 0.3 is 0 Å². The van der Waals surface area contributed by atoms with Crippen LogP contribution in [0.25, 0.3) is 0 Å². The molecule has 1 aromatic carbocycles. The van der Waals surface area contributed by atoms with Crippen molar-refractivity contribution < 1.29 is 14.9 Å². The summed E-state index contributed by atoms with van der Waals surface area (Å²) in [4.78, 5) is 3.95. The van der Waals surface area contributed by atoms with Gasteiger partial charge in [-0.1, -0.05) is 0 Å². The topological polar surface area (TPSA) is 101 Å². The molecule has 6 nitrogen and oxygen atoms in total. The third-order valence-electron chi connectivity index (χ3n) is 3.03. The molecule has 0 aliphatic heterocycles. The summed E-state index contributed by atoms with van der Waals surface area (Å²) < 4.78 is 5.49. The van der Waals surface area contributed by atoms with Gasteiger partial charge < -0.3 is 20.7 Å². The number of phenolic OH excluding ortho intramolecular Hbond substituents is 1. The molecule has 0 saturated carbocycles. The predicted molar refractivity (Wildman–Crippen MR) is 79.8 cm³/mol. The lowest BCUT2D eigenvalue weighted by Crippen LogP contribution is -2.41. The highest BCUT2D eigenvalue weighted by atomic mass is 16.5. The van der Waals surface area contributed by atoms with E-state index < -0.39 is 5.72 Å². The molecule has 0 radical (unpaired) electrons. The van der Waals surface area contributed by atoms with Gasteiger partial charge in [-0.2, -0.15) is 0 Å². The Hall–Kier alpha value is -2.31. The zero-order chi connectivity index (χ0) is 15.3. The molecule has 0 unspecified atom stereocenters. The van der Waals surface area contributed by atoms with Gasteiger partial charge in [-0.05, 0) is 43.3 Å². The van der Waals surface area contributed by atoms with E-state index in [9.17, 15) is 5.11 Å². The lowest BCUT2D eigenvalue weighted by molar-refractivity contribution is 0.0166. The molecule has 112 valence electrons. The summed E-state index contributed by atoms with van der Waals surface area (Å²) in [6, 6.07) is 9.82. The van der Waals surface area contributed by atoms with E-state index in [2.05, 4.69) is 10.3 Å². The lowest BCUT2D eigenvalue weighted by Gasteiger charge is -2.25. The zero-order valence-corrected chi connectivity index (χ0v) is 11.8. The van der Waals surface area contributed by atoms with Gasteiger partial charge in [0.2, 0.25) is 0 Å². The van der Waals surface area contributed by atoms with Crippen molar-refractivity contribution in [1.82, 2.24) is 10.3 Å². The molecule has 0 amide bonds. The molecule has 0 spiro atoms. The van der Waals surface area contributed by atoms with E-state index in [-0.39, 0.29) is 5.75 Å². The Morgan fingerprint density at radius 2 is 1.95 bits per heavy atom. The predicted octanol–water partition coefficient (Wildman–Crippen LogP) is 1.20. The summed E-state index contributed by atoms with van der Waals surface area (Å²) in [6.07, 6.45) is 1.53. The molecule has 1 aromatic heterocycles. The molecule has 0 aliphatic carbocycles. The van der Waals surface area contributed by atoms with Crippen LogP contribution in [0.2, 0.25) is 0 Å². The maximum atomic E-state index is 10.3. The second kappa shape index (κ2) is 6.43. The van der Waals surface area contributed by atoms with Crippen LogP contribution in [0, 0.1) is 0 Å². The zero-order valence-electron chi connectivity index (χ0n) is 11.8. The van der Waals surface area contributed by atoms with Gasteiger partial charge in [0.15, 0.2) is 0 Å². The number of phenols is 1. The Morgan fingerprint density at radius 1 is 1.24 bits per heavy atom. The summed E-state index contributed by atoms with van der Waals surface area (Å²) in [5, 5.41) is 22.5. The number of ether oxygens (including phenoxy) is 1. The molecule has 0 saturated heterocycles. The van der Waals surface area contributed by atoms with Crippen LogP contribution in [0.4, 0.5) is 5.82 Å². The molecule has 2 aromatic rings. The van der Waals surface area contributed by atoms with E-state index in [0.29, 0.717) is 30.3 Å². The highest BCUT2D eigenvalue weighted by molar-refractivity contribution is 5.31. The quantitative estimate of drug-likeness (QED) is 0.471. The Kier molecular flexibility index (Phi) is 4.62. The van der Waals surface area contributed by atoms with Crippen LogP contribution >= 0.6 is 0 Å². The van der Waals surface area contributed by atoms with Crippen molar-refractivity contribution in [2.45, 2.75) is 12.6 Å². The maximum Gasteiger partial charge on any atom is 0.140 e. The van der Waals surface area contributed by atoms with Crippen LogP contribution < -0.4 is 15.8 Å². The average molecular weight is 289 g/mol. The molecule has 1 heterocycles. The molecular weight excluding hydrogens is 270 g/mol. The molecule has 2 rings (SSSR count). The largest absolute Gasteiger partial charge is 0.508 e. The third-order valence-corrected chi connectivity index (χ3v) is 3.03. The van der Waals surface area contributed by atoms with Crippen molar-refractivity contribution in [2.75, 3.05) is 18.9 Å². The monoisotopic (exact) mass is 289 g/mol. The van der Waals surface area contributed by atoms with Crippen molar-refractivity contribution in [1.29, 1.82) is 0 Å². The number of rotatable bonds is 6. The highest BCUT2D eigenvalue weighted by Crippen LogP contribution is 2.17. The van der Waals surface area contributed by atoms with Gasteiger partial charge in [-0.25, -0.2) is 4.98 Å². The van der Waals surface area contributed by atoms with E-state index >= 15 is 0 Å². The molecule has 6 heteroatoms. The number of pyridine rings is 1. The van der Waals surface area contributed by atoms with Crippen molar-refractivity contribution in [3.63, 3.8) is 0 Å². The van der Waals surface area contributed by atoms with Crippen molar-refractivity contribution in [3.8, 4) is 11.5 Å². The summed E-state index contributed by atoms with van der Waals surface area (Å²) in [5.41, 5.74) is 4.93. The van der Waals surface area contributed by atoms with Crippen LogP contribution in [0.1, 0.15) is 12.5 Å². The number of anilines is 1. The molecule has 0 aliphatic rings. The van der Waals surface area contributed by atoms with E-state index in [1.807, 2.05) is 0 Å². The second-order valence-electron chi connectivity index (χ2n) is 4.81. The van der Waals surface area contributed by atoms with Crippen LogP contribution in [-0.2, 0) is 5.72 Å². The Balaban J connectivity index is 1.81. The lowest BCUT2D eigenvalue weighted by atomic mass is 10.1. The third kappa shape index (κ3) is 4.34. The fourth-order valence-electron chi connectivity index (χ4n) is 1.80. The minimum absolute atomic E-state index is 0.194. The van der Waals surface area contributed by atoms with E-state index in [1.54, 1.807) is 43.3 Å². The van der Waals surface area contributed by atoms with Crippen molar-refractivity contribution in [2.24, 2.45) is 0 Å². The Bertz CT molecular complexity index is 568. The van der Waals surface area contributed by atoms with E-state index in [1.165, 1.54) is 6.20 Å². The smallest absolute Gasteiger partial charge is 0.140 e. The van der Waals surface area contributed by atoms with Gasteiger partial charge in [0.1, 0.15) is 29.6 Å². The second-order valence-corrected chi connectivity index (χ2v) is 4.81. The van der Waals surface area contributed by atoms with Gasteiger partial charge in [0, 0.05) is 18.3 Å². The average Bonchev–Trinajstić information content (AvgIpc) is 2.46. The number of aliphatic hydroxyl groups is 1. The number of hydrogen-bond acceptors (Lipinski definition) is 6.